The molecule has 2 aliphatic heterocycles. The number of hydrogen-bond acceptors (Lipinski definition) is 5. The number of esters is 1. The summed E-state index contributed by atoms with van der Waals surface area (Å²) in [6, 6.07) is 13.6. The van der Waals surface area contributed by atoms with Crippen LogP contribution in [0.2, 0.25) is 0 Å². The molecule has 2 aromatic carbocycles. The number of nitrogens with zero attached hydrogens (tertiary/aromatic N) is 1. The van der Waals surface area contributed by atoms with Crippen LogP contribution >= 0.6 is 11.8 Å². The average molecular weight is 401 g/mol. The van der Waals surface area contributed by atoms with Gasteiger partial charge in [0.05, 0.1) is 7.11 Å². The molecule has 28 heavy (non-hydrogen) atoms. The van der Waals surface area contributed by atoms with E-state index in [1.54, 1.807) is 22.7 Å². The third-order valence-electron chi connectivity index (χ3n) is 5.22. The number of fused-ring (bicyclic) bond motifs is 1. The van der Waals surface area contributed by atoms with Crippen molar-refractivity contribution >= 4 is 23.6 Å². The molecule has 0 spiro atoms. The Balaban J connectivity index is 1.49. The number of carbonyl (C=O) groups excluding carboxylic acids is 2. The molecule has 2 saturated heterocycles. The summed E-state index contributed by atoms with van der Waals surface area (Å²) in [5.41, 5.74) is 1.55. The van der Waals surface area contributed by atoms with Gasteiger partial charge in [0.15, 0.2) is 11.6 Å². The molecule has 2 atom stereocenters. The molecule has 1 amide bonds. The van der Waals surface area contributed by atoms with E-state index in [0.717, 1.165) is 5.56 Å². The maximum atomic E-state index is 13.8. The van der Waals surface area contributed by atoms with Crippen LogP contribution in [-0.2, 0) is 25.8 Å². The van der Waals surface area contributed by atoms with Gasteiger partial charge in [-0.15, -0.1) is 11.8 Å². The van der Waals surface area contributed by atoms with Crippen LogP contribution in [0.5, 0.6) is 5.75 Å². The van der Waals surface area contributed by atoms with Crippen molar-refractivity contribution in [3.05, 3.63) is 65.5 Å². The van der Waals surface area contributed by atoms with Gasteiger partial charge in [-0.1, -0.05) is 36.4 Å². The SMILES string of the molecule is COc1ccc(COC(=O)[C@@H]2CS[C@@]3(c4ccccc4)CCC(=O)N23)cc1F. The first kappa shape index (κ1) is 18.8. The minimum absolute atomic E-state index is 0.0358. The van der Waals surface area contributed by atoms with Crippen LogP contribution in [0.1, 0.15) is 24.0 Å². The highest BCUT2D eigenvalue weighted by Crippen LogP contribution is 2.54. The fourth-order valence-electron chi connectivity index (χ4n) is 3.87. The summed E-state index contributed by atoms with van der Waals surface area (Å²) in [6.07, 6.45) is 1.09. The van der Waals surface area contributed by atoms with Crippen molar-refractivity contribution < 1.29 is 23.5 Å². The highest BCUT2D eigenvalue weighted by molar-refractivity contribution is 8.00. The fraction of sp³-hybridized carbons (Fsp3) is 0.333. The van der Waals surface area contributed by atoms with Gasteiger partial charge in [-0.05, 0) is 29.7 Å². The maximum Gasteiger partial charge on any atom is 0.330 e. The Hall–Kier alpha value is -2.54. The summed E-state index contributed by atoms with van der Waals surface area (Å²) in [6.45, 7) is -0.0543. The van der Waals surface area contributed by atoms with Gasteiger partial charge < -0.3 is 14.4 Å². The normalized spacial score (nSPS) is 23.6. The lowest BCUT2D eigenvalue weighted by molar-refractivity contribution is -0.155. The zero-order chi connectivity index (χ0) is 19.7. The number of amides is 1. The first-order chi connectivity index (χ1) is 13.5. The number of ether oxygens (including phenoxy) is 2. The van der Waals surface area contributed by atoms with Gasteiger partial charge in [0.1, 0.15) is 17.5 Å². The van der Waals surface area contributed by atoms with Crippen molar-refractivity contribution in [2.75, 3.05) is 12.9 Å². The number of benzene rings is 2. The molecule has 7 heteroatoms. The monoisotopic (exact) mass is 401 g/mol. The van der Waals surface area contributed by atoms with Crippen LogP contribution in [0.4, 0.5) is 4.39 Å². The van der Waals surface area contributed by atoms with E-state index < -0.39 is 22.7 Å². The Labute approximate surface area is 166 Å². The Morgan fingerprint density at radius 2 is 2.07 bits per heavy atom. The van der Waals surface area contributed by atoms with Crippen LogP contribution in [0.15, 0.2) is 48.5 Å². The van der Waals surface area contributed by atoms with Crippen molar-refractivity contribution in [1.82, 2.24) is 4.90 Å². The standard InChI is InChI=1S/C21H20FNO4S/c1-26-18-8-7-14(11-16(18)22)12-27-20(25)17-13-28-21(10-9-19(24)23(17)21)15-5-3-2-4-6-15/h2-8,11,17H,9-10,12-13H2,1H3/t17-,21+/m0/s1. The summed E-state index contributed by atoms with van der Waals surface area (Å²) in [4.78, 5) is 26.5. The van der Waals surface area contributed by atoms with Crippen molar-refractivity contribution in [1.29, 1.82) is 0 Å². The lowest BCUT2D eigenvalue weighted by atomic mass is 10.0. The van der Waals surface area contributed by atoms with E-state index >= 15 is 0 Å². The van der Waals surface area contributed by atoms with E-state index in [0.29, 0.717) is 24.2 Å². The van der Waals surface area contributed by atoms with Gasteiger partial charge >= 0.3 is 5.97 Å². The zero-order valence-electron chi connectivity index (χ0n) is 15.4. The first-order valence-electron chi connectivity index (χ1n) is 9.06. The highest BCUT2D eigenvalue weighted by atomic mass is 32.2. The molecular weight excluding hydrogens is 381 g/mol. The second kappa shape index (κ2) is 7.47. The van der Waals surface area contributed by atoms with Crippen molar-refractivity contribution in [2.24, 2.45) is 0 Å². The largest absolute Gasteiger partial charge is 0.494 e. The number of rotatable bonds is 5. The van der Waals surface area contributed by atoms with Gasteiger partial charge in [0, 0.05) is 12.2 Å². The molecule has 4 rings (SSSR count). The van der Waals surface area contributed by atoms with Crippen LogP contribution in [0, 0.1) is 5.82 Å². The molecule has 0 bridgehead atoms. The third kappa shape index (κ3) is 3.13. The fourth-order valence-corrected chi connectivity index (χ4v) is 5.50. The van der Waals surface area contributed by atoms with Crippen molar-refractivity contribution in [3.8, 4) is 5.75 Å². The van der Waals surface area contributed by atoms with Gasteiger partial charge in [0.2, 0.25) is 5.91 Å². The number of hydrogen-bond donors (Lipinski definition) is 0. The molecule has 2 aromatic rings. The van der Waals surface area contributed by atoms with Crippen molar-refractivity contribution in [3.63, 3.8) is 0 Å². The van der Waals surface area contributed by atoms with E-state index in [1.807, 2.05) is 30.3 Å². The van der Waals surface area contributed by atoms with Crippen LogP contribution in [-0.4, -0.2) is 35.7 Å². The van der Waals surface area contributed by atoms with Crippen LogP contribution in [0.3, 0.4) is 0 Å². The Kier molecular flexibility index (Phi) is 5.02. The summed E-state index contributed by atoms with van der Waals surface area (Å²) < 4.78 is 24.1. The van der Waals surface area contributed by atoms with Gasteiger partial charge in [-0.2, -0.15) is 0 Å². The lowest BCUT2D eigenvalue weighted by Crippen LogP contribution is -2.46. The summed E-state index contributed by atoms with van der Waals surface area (Å²) >= 11 is 1.61. The zero-order valence-corrected chi connectivity index (χ0v) is 16.2. The summed E-state index contributed by atoms with van der Waals surface area (Å²) in [7, 11) is 1.39. The molecular formula is C21H20FNO4S. The smallest absolute Gasteiger partial charge is 0.330 e. The second-order valence-corrected chi connectivity index (χ2v) is 8.11. The average Bonchev–Trinajstić information content (AvgIpc) is 3.26. The molecule has 146 valence electrons. The summed E-state index contributed by atoms with van der Waals surface area (Å²) in [5.74, 6) is -0.387. The van der Waals surface area contributed by atoms with Crippen molar-refractivity contribution in [2.45, 2.75) is 30.4 Å². The topological polar surface area (TPSA) is 55.8 Å². The third-order valence-corrected chi connectivity index (χ3v) is 6.82. The Bertz CT molecular complexity index is 907. The molecule has 0 unspecified atom stereocenters. The van der Waals surface area contributed by atoms with E-state index in [4.69, 9.17) is 9.47 Å². The Morgan fingerprint density at radius 1 is 1.29 bits per heavy atom. The highest BCUT2D eigenvalue weighted by Gasteiger charge is 2.57. The molecule has 0 aliphatic carbocycles. The quantitative estimate of drug-likeness (QED) is 0.718. The van der Waals surface area contributed by atoms with Gasteiger partial charge in [-0.3, -0.25) is 4.79 Å². The molecule has 5 nitrogen and oxygen atoms in total. The first-order valence-corrected chi connectivity index (χ1v) is 10.0. The predicted molar refractivity (Wildman–Crippen MR) is 103 cm³/mol. The second-order valence-electron chi connectivity index (χ2n) is 6.82. The minimum Gasteiger partial charge on any atom is -0.494 e. The molecule has 2 aliphatic rings. The Morgan fingerprint density at radius 3 is 2.79 bits per heavy atom. The predicted octanol–water partition coefficient (Wildman–Crippen LogP) is 3.47. The molecule has 2 fully saturated rings. The molecule has 0 saturated carbocycles. The van der Waals surface area contributed by atoms with E-state index in [-0.39, 0.29) is 18.3 Å². The number of halogens is 1. The van der Waals surface area contributed by atoms with Crippen LogP contribution < -0.4 is 4.74 Å². The van der Waals surface area contributed by atoms with E-state index in [1.165, 1.54) is 19.2 Å². The molecule has 2 heterocycles. The lowest BCUT2D eigenvalue weighted by Gasteiger charge is -2.33. The maximum absolute atomic E-state index is 13.8. The molecule has 0 N–H and O–H groups in total. The van der Waals surface area contributed by atoms with E-state index in [2.05, 4.69) is 0 Å². The number of methoxy groups -OCH3 is 1. The number of thioether (sulfide) groups is 1. The van der Waals surface area contributed by atoms with Gasteiger partial charge in [-0.25, -0.2) is 9.18 Å². The minimum atomic E-state index is -0.636. The van der Waals surface area contributed by atoms with Gasteiger partial charge in [0.25, 0.3) is 0 Å². The molecule has 0 radical (unpaired) electrons. The van der Waals surface area contributed by atoms with Crippen LogP contribution in [0.25, 0.3) is 0 Å². The molecule has 0 aromatic heterocycles. The summed E-state index contributed by atoms with van der Waals surface area (Å²) in [5, 5.41) is 0. The van der Waals surface area contributed by atoms with E-state index in [9.17, 15) is 14.0 Å². The number of carbonyl (C=O) groups is 2.